The summed E-state index contributed by atoms with van der Waals surface area (Å²) < 4.78 is 6.95. The van der Waals surface area contributed by atoms with Gasteiger partial charge in [0.25, 0.3) is 0 Å². The van der Waals surface area contributed by atoms with Crippen LogP contribution in [-0.2, 0) is 21.4 Å². The zero-order chi connectivity index (χ0) is 16.8. The van der Waals surface area contributed by atoms with E-state index in [1.807, 2.05) is 6.92 Å². The van der Waals surface area contributed by atoms with Crippen molar-refractivity contribution in [3.05, 3.63) is 11.4 Å². The molecular weight excluding hydrogens is 298 g/mol. The molecule has 0 aromatic carbocycles. The lowest BCUT2D eigenvalue weighted by molar-refractivity contribution is -0.136. The highest BCUT2D eigenvalue weighted by atomic mass is 16.5. The summed E-state index contributed by atoms with van der Waals surface area (Å²) in [5.41, 5.74) is 2.11. The van der Waals surface area contributed by atoms with Crippen molar-refractivity contribution < 1.29 is 14.3 Å². The maximum Gasteiger partial charge on any atom is 0.313 e. The molecule has 1 aromatic heterocycles. The minimum Gasteiger partial charge on any atom is -0.379 e. The summed E-state index contributed by atoms with van der Waals surface area (Å²) in [6.07, 6.45) is 0.809. The van der Waals surface area contributed by atoms with Crippen LogP contribution in [0.4, 0.5) is 5.69 Å². The van der Waals surface area contributed by atoms with Gasteiger partial charge in [0.2, 0.25) is 0 Å². The number of aryl methyl sites for hydroxylation is 2. The van der Waals surface area contributed by atoms with Crippen LogP contribution in [0.2, 0.25) is 0 Å². The fourth-order valence-corrected chi connectivity index (χ4v) is 2.53. The molecule has 0 unspecified atom stereocenters. The summed E-state index contributed by atoms with van der Waals surface area (Å²) in [6, 6.07) is 0. The number of rotatable bonds is 5. The Bertz CT molecular complexity index is 564. The molecule has 0 saturated carbocycles. The third-order valence-electron chi connectivity index (χ3n) is 3.99. The number of amides is 2. The standard InChI is InChI=1S/C15H25N5O3/c1-11-13(12(2)19(3)18-11)17-15(22)14(21)16-5-4-6-20-7-9-23-10-8-20/h4-10H2,1-3H3,(H,16,21)(H,17,22). The number of hydrogen-bond donors (Lipinski definition) is 2. The number of anilines is 1. The molecule has 2 rings (SSSR count). The first-order valence-electron chi connectivity index (χ1n) is 7.88. The molecule has 0 aliphatic carbocycles. The highest BCUT2D eigenvalue weighted by molar-refractivity contribution is 6.39. The minimum absolute atomic E-state index is 0.481. The summed E-state index contributed by atoms with van der Waals surface area (Å²) in [4.78, 5) is 26.1. The molecule has 0 atom stereocenters. The Kier molecular flexibility index (Phi) is 6.12. The number of morpholine rings is 1. The quantitative estimate of drug-likeness (QED) is 0.579. The average Bonchev–Trinajstić information content (AvgIpc) is 2.78. The summed E-state index contributed by atoms with van der Waals surface area (Å²) in [5.74, 6) is -1.27. The van der Waals surface area contributed by atoms with Crippen molar-refractivity contribution in [1.29, 1.82) is 0 Å². The van der Waals surface area contributed by atoms with E-state index in [4.69, 9.17) is 4.74 Å². The van der Waals surface area contributed by atoms with Crippen molar-refractivity contribution in [3.8, 4) is 0 Å². The highest BCUT2D eigenvalue weighted by Crippen LogP contribution is 2.17. The molecular formula is C15H25N5O3. The lowest BCUT2D eigenvalue weighted by Crippen LogP contribution is -2.39. The Balaban J connectivity index is 1.71. The molecule has 0 spiro atoms. The van der Waals surface area contributed by atoms with Crippen LogP contribution < -0.4 is 10.6 Å². The normalized spacial score (nSPS) is 15.4. The third-order valence-corrected chi connectivity index (χ3v) is 3.99. The minimum atomic E-state index is -0.657. The van der Waals surface area contributed by atoms with Crippen LogP contribution in [0.5, 0.6) is 0 Å². The third kappa shape index (κ3) is 4.77. The van der Waals surface area contributed by atoms with E-state index in [2.05, 4.69) is 20.6 Å². The lowest BCUT2D eigenvalue weighted by atomic mass is 10.3. The van der Waals surface area contributed by atoms with Gasteiger partial charge in [0.15, 0.2) is 0 Å². The number of ether oxygens (including phenoxy) is 1. The molecule has 8 heteroatoms. The van der Waals surface area contributed by atoms with E-state index in [-0.39, 0.29) is 0 Å². The number of nitrogens with one attached hydrogen (secondary N) is 2. The highest BCUT2D eigenvalue weighted by Gasteiger charge is 2.18. The van der Waals surface area contributed by atoms with Gasteiger partial charge in [0.1, 0.15) is 0 Å². The second-order valence-electron chi connectivity index (χ2n) is 5.69. The number of carbonyl (C=O) groups excluding carboxylic acids is 2. The summed E-state index contributed by atoms with van der Waals surface area (Å²) in [7, 11) is 1.80. The molecule has 0 radical (unpaired) electrons. The summed E-state index contributed by atoms with van der Waals surface area (Å²) in [6.45, 7) is 8.39. The zero-order valence-electron chi connectivity index (χ0n) is 14.0. The predicted molar refractivity (Wildman–Crippen MR) is 86.2 cm³/mol. The summed E-state index contributed by atoms with van der Waals surface area (Å²) >= 11 is 0. The lowest BCUT2D eigenvalue weighted by Gasteiger charge is -2.26. The van der Waals surface area contributed by atoms with Crippen molar-refractivity contribution in [2.45, 2.75) is 20.3 Å². The van der Waals surface area contributed by atoms with Crippen LogP contribution in [0.3, 0.4) is 0 Å². The van der Waals surface area contributed by atoms with E-state index in [9.17, 15) is 9.59 Å². The van der Waals surface area contributed by atoms with Gasteiger partial charge in [0, 0.05) is 26.7 Å². The summed E-state index contributed by atoms with van der Waals surface area (Å²) in [5, 5.41) is 9.48. The smallest absolute Gasteiger partial charge is 0.313 e. The van der Waals surface area contributed by atoms with Crippen molar-refractivity contribution in [2.24, 2.45) is 7.05 Å². The van der Waals surface area contributed by atoms with E-state index in [1.54, 1.807) is 18.7 Å². The maximum atomic E-state index is 11.9. The molecule has 2 amide bonds. The van der Waals surface area contributed by atoms with Gasteiger partial charge in [-0.3, -0.25) is 19.2 Å². The van der Waals surface area contributed by atoms with E-state index in [0.29, 0.717) is 17.9 Å². The van der Waals surface area contributed by atoms with Crippen LogP contribution in [0.25, 0.3) is 0 Å². The van der Waals surface area contributed by atoms with E-state index >= 15 is 0 Å². The topological polar surface area (TPSA) is 88.5 Å². The Morgan fingerprint density at radius 1 is 1.22 bits per heavy atom. The first-order valence-corrected chi connectivity index (χ1v) is 7.88. The van der Waals surface area contributed by atoms with E-state index < -0.39 is 11.8 Å². The Morgan fingerprint density at radius 2 is 1.91 bits per heavy atom. The second-order valence-corrected chi connectivity index (χ2v) is 5.69. The largest absolute Gasteiger partial charge is 0.379 e. The van der Waals surface area contributed by atoms with E-state index in [0.717, 1.165) is 45.0 Å². The van der Waals surface area contributed by atoms with Gasteiger partial charge in [-0.05, 0) is 26.8 Å². The second kappa shape index (κ2) is 8.07. The number of nitrogens with zero attached hydrogens (tertiary/aromatic N) is 3. The molecule has 0 bridgehead atoms. The molecule has 8 nitrogen and oxygen atoms in total. The molecule has 1 aromatic rings. The SMILES string of the molecule is Cc1nn(C)c(C)c1NC(=O)C(=O)NCCCN1CCOCC1. The van der Waals surface area contributed by atoms with Gasteiger partial charge in [-0.1, -0.05) is 0 Å². The number of hydrogen-bond acceptors (Lipinski definition) is 5. The van der Waals surface area contributed by atoms with Crippen LogP contribution in [-0.4, -0.2) is 65.9 Å². The molecule has 2 N–H and O–H groups in total. The van der Waals surface area contributed by atoms with Crippen LogP contribution >= 0.6 is 0 Å². The van der Waals surface area contributed by atoms with Gasteiger partial charge in [-0.25, -0.2) is 0 Å². The fourth-order valence-electron chi connectivity index (χ4n) is 2.53. The van der Waals surface area contributed by atoms with Crippen LogP contribution in [0.1, 0.15) is 17.8 Å². The van der Waals surface area contributed by atoms with Gasteiger partial charge in [-0.15, -0.1) is 0 Å². The molecule has 1 aliphatic heterocycles. The van der Waals surface area contributed by atoms with E-state index in [1.165, 1.54) is 0 Å². The molecule has 2 heterocycles. The maximum absolute atomic E-state index is 11.9. The Labute approximate surface area is 136 Å². The molecule has 1 saturated heterocycles. The predicted octanol–water partition coefficient (Wildman–Crippen LogP) is -0.186. The molecule has 23 heavy (non-hydrogen) atoms. The number of carbonyl (C=O) groups is 2. The Morgan fingerprint density at radius 3 is 2.52 bits per heavy atom. The molecule has 1 fully saturated rings. The van der Waals surface area contributed by atoms with Crippen LogP contribution in [0.15, 0.2) is 0 Å². The van der Waals surface area contributed by atoms with Crippen molar-refractivity contribution >= 4 is 17.5 Å². The monoisotopic (exact) mass is 323 g/mol. The van der Waals surface area contributed by atoms with Crippen LogP contribution in [0, 0.1) is 13.8 Å². The van der Waals surface area contributed by atoms with Gasteiger partial charge in [0.05, 0.1) is 30.3 Å². The molecule has 1 aliphatic rings. The Hall–Kier alpha value is -1.93. The van der Waals surface area contributed by atoms with Crippen molar-refractivity contribution in [1.82, 2.24) is 20.0 Å². The van der Waals surface area contributed by atoms with Gasteiger partial charge in [-0.2, -0.15) is 5.10 Å². The van der Waals surface area contributed by atoms with Crippen molar-refractivity contribution in [3.63, 3.8) is 0 Å². The zero-order valence-corrected chi connectivity index (χ0v) is 14.0. The first-order chi connectivity index (χ1) is 11.0. The fraction of sp³-hybridized carbons (Fsp3) is 0.667. The first kappa shape index (κ1) is 17.4. The average molecular weight is 323 g/mol. The van der Waals surface area contributed by atoms with Gasteiger partial charge < -0.3 is 15.4 Å². The number of aromatic nitrogens is 2. The van der Waals surface area contributed by atoms with Crippen molar-refractivity contribution in [2.75, 3.05) is 44.7 Å². The van der Waals surface area contributed by atoms with Gasteiger partial charge >= 0.3 is 11.8 Å². The molecule has 128 valence electrons.